The average molecular weight is 285 g/mol. The number of aromatic nitrogens is 3. The first-order chi connectivity index (χ1) is 9.79. The molecule has 0 aliphatic carbocycles. The van der Waals surface area contributed by atoms with E-state index in [0.717, 1.165) is 34.3 Å². The second-order valence-electron chi connectivity index (χ2n) is 4.37. The Morgan fingerprint density at radius 3 is 2.95 bits per heavy atom. The van der Waals surface area contributed by atoms with E-state index in [-0.39, 0.29) is 0 Å². The molecule has 0 bridgehead atoms. The molecule has 1 aromatic carbocycles. The predicted octanol–water partition coefficient (Wildman–Crippen LogP) is 3.98. The summed E-state index contributed by atoms with van der Waals surface area (Å²) in [4.78, 5) is 12.4. The Labute approximate surface area is 121 Å². The molecule has 0 atom stereocenters. The number of nitrogens with zero attached hydrogens (tertiary/aromatic N) is 3. The van der Waals surface area contributed by atoms with E-state index < -0.39 is 0 Å². The van der Waals surface area contributed by atoms with E-state index in [1.165, 1.54) is 6.33 Å². The third-order valence-corrected chi connectivity index (χ3v) is 3.51. The topological polar surface area (TPSA) is 50.7 Å². The van der Waals surface area contributed by atoms with Gasteiger partial charge in [0.15, 0.2) is 0 Å². The van der Waals surface area contributed by atoms with Gasteiger partial charge in [0.05, 0.1) is 0 Å². The molecule has 20 heavy (non-hydrogen) atoms. The molecular weight excluding hydrogens is 272 g/mol. The van der Waals surface area contributed by atoms with Gasteiger partial charge in [0.25, 0.3) is 0 Å². The van der Waals surface area contributed by atoms with Gasteiger partial charge in [0.1, 0.15) is 17.3 Å². The zero-order valence-electron chi connectivity index (χ0n) is 11.0. The zero-order valence-corrected chi connectivity index (χ0v) is 11.7. The first-order valence-corrected chi connectivity index (χ1v) is 6.76. The van der Waals surface area contributed by atoms with Crippen molar-refractivity contribution in [1.29, 1.82) is 0 Å². The van der Waals surface area contributed by atoms with Gasteiger partial charge in [-0.15, -0.1) is 0 Å². The molecule has 0 unspecified atom stereocenters. The smallest absolute Gasteiger partial charge is 0.138 e. The van der Waals surface area contributed by atoms with Crippen LogP contribution in [0.5, 0.6) is 0 Å². The molecule has 2 aromatic heterocycles. The second kappa shape index (κ2) is 5.43. The minimum Gasteiger partial charge on any atom is -0.339 e. The lowest BCUT2D eigenvalue weighted by molar-refractivity contribution is 1.05. The van der Waals surface area contributed by atoms with Crippen molar-refractivity contribution in [1.82, 2.24) is 15.0 Å². The highest BCUT2D eigenvalue weighted by atomic mass is 35.5. The summed E-state index contributed by atoms with van der Waals surface area (Å²) in [6, 6.07) is 8.01. The SMILES string of the molecule is CCc1c(Cl)ncnc1Nc1cccc2cnccc12. The molecule has 0 saturated heterocycles. The maximum Gasteiger partial charge on any atom is 0.138 e. The fourth-order valence-electron chi connectivity index (χ4n) is 2.17. The first-order valence-electron chi connectivity index (χ1n) is 6.38. The predicted molar refractivity (Wildman–Crippen MR) is 81.4 cm³/mol. The molecule has 0 amide bonds. The van der Waals surface area contributed by atoms with Gasteiger partial charge in [-0.2, -0.15) is 0 Å². The van der Waals surface area contributed by atoms with Crippen molar-refractivity contribution < 1.29 is 0 Å². The van der Waals surface area contributed by atoms with Crippen LogP contribution in [0.25, 0.3) is 10.8 Å². The van der Waals surface area contributed by atoms with Gasteiger partial charge in [-0.3, -0.25) is 4.98 Å². The Balaban J connectivity index is 2.08. The largest absolute Gasteiger partial charge is 0.339 e. The third-order valence-electron chi connectivity index (χ3n) is 3.18. The summed E-state index contributed by atoms with van der Waals surface area (Å²) in [6.07, 6.45) is 5.86. The molecule has 0 saturated carbocycles. The fourth-order valence-corrected chi connectivity index (χ4v) is 2.44. The molecule has 3 rings (SSSR count). The lowest BCUT2D eigenvalue weighted by Gasteiger charge is -2.12. The number of benzene rings is 1. The summed E-state index contributed by atoms with van der Waals surface area (Å²) in [5, 5.41) is 6.01. The summed E-state index contributed by atoms with van der Waals surface area (Å²) in [6.45, 7) is 2.03. The van der Waals surface area contributed by atoms with E-state index in [0.29, 0.717) is 5.15 Å². The second-order valence-corrected chi connectivity index (χ2v) is 4.73. The Morgan fingerprint density at radius 2 is 2.10 bits per heavy atom. The lowest BCUT2D eigenvalue weighted by Crippen LogP contribution is -2.01. The van der Waals surface area contributed by atoms with Crippen LogP contribution in [0.2, 0.25) is 5.15 Å². The summed E-state index contributed by atoms with van der Waals surface area (Å²) in [5.74, 6) is 0.747. The van der Waals surface area contributed by atoms with Crippen LogP contribution in [0.1, 0.15) is 12.5 Å². The maximum atomic E-state index is 6.11. The fraction of sp³-hybridized carbons (Fsp3) is 0.133. The number of hydrogen-bond acceptors (Lipinski definition) is 4. The molecule has 4 nitrogen and oxygen atoms in total. The van der Waals surface area contributed by atoms with Crippen molar-refractivity contribution in [3.8, 4) is 0 Å². The summed E-state index contributed by atoms with van der Waals surface area (Å²) >= 11 is 6.11. The maximum absolute atomic E-state index is 6.11. The van der Waals surface area contributed by atoms with Crippen LogP contribution >= 0.6 is 11.6 Å². The molecule has 0 spiro atoms. The molecule has 3 aromatic rings. The van der Waals surface area contributed by atoms with Gasteiger partial charge < -0.3 is 5.32 Å². The molecule has 100 valence electrons. The average Bonchev–Trinajstić information content (AvgIpc) is 2.48. The molecule has 5 heteroatoms. The number of fused-ring (bicyclic) bond motifs is 1. The van der Waals surface area contributed by atoms with E-state index in [4.69, 9.17) is 11.6 Å². The highest BCUT2D eigenvalue weighted by molar-refractivity contribution is 6.30. The zero-order chi connectivity index (χ0) is 13.9. The van der Waals surface area contributed by atoms with Crippen LogP contribution in [0.3, 0.4) is 0 Å². The van der Waals surface area contributed by atoms with E-state index in [9.17, 15) is 0 Å². The lowest BCUT2D eigenvalue weighted by atomic mass is 10.1. The van der Waals surface area contributed by atoms with Gasteiger partial charge in [-0.05, 0) is 18.6 Å². The van der Waals surface area contributed by atoms with Gasteiger partial charge in [0, 0.05) is 34.4 Å². The Morgan fingerprint density at radius 1 is 1.20 bits per heavy atom. The van der Waals surface area contributed by atoms with Crippen LogP contribution in [0, 0.1) is 0 Å². The Kier molecular flexibility index (Phi) is 3.48. The van der Waals surface area contributed by atoms with Crippen LogP contribution < -0.4 is 5.32 Å². The number of anilines is 2. The van der Waals surface area contributed by atoms with Crippen LogP contribution in [0.4, 0.5) is 11.5 Å². The van der Waals surface area contributed by atoms with Crippen molar-refractivity contribution in [3.63, 3.8) is 0 Å². The molecule has 2 heterocycles. The van der Waals surface area contributed by atoms with E-state index in [2.05, 4.69) is 20.3 Å². The van der Waals surface area contributed by atoms with E-state index in [1.807, 2.05) is 37.4 Å². The number of pyridine rings is 1. The summed E-state index contributed by atoms with van der Waals surface area (Å²) in [7, 11) is 0. The Bertz CT molecular complexity index is 752. The van der Waals surface area contributed by atoms with E-state index in [1.54, 1.807) is 6.20 Å². The summed E-state index contributed by atoms with van der Waals surface area (Å²) in [5.41, 5.74) is 1.90. The standard InChI is InChI=1S/C15H13ClN4/c1-2-11-14(16)18-9-19-15(11)20-13-5-3-4-10-8-17-7-6-12(10)13/h3-9H,2H2,1H3,(H,18,19,20). The van der Waals surface area contributed by atoms with E-state index >= 15 is 0 Å². The van der Waals surface area contributed by atoms with Crippen molar-refractivity contribution in [2.45, 2.75) is 13.3 Å². The van der Waals surface area contributed by atoms with Crippen LogP contribution in [0.15, 0.2) is 43.0 Å². The van der Waals surface area contributed by atoms with Gasteiger partial charge in [0.2, 0.25) is 0 Å². The van der Waals surface area contributed by atoms with Crippen molar-refractivity contribution >= 4 is 33.9 Å². The third kappa shape index (κ3) is 2.30. The number of nitrogens with one attached hydrogen (secondary N) is 1. The number of hydrogen-bond donors (Lipinski definition) is 1. The summed E-state index contributed by atoms with van der Waals surface area (Å²) < 4.78 is 0. The number of rotatable bonds is 3. The molecule has 0 aliphatic rings. The molecule has 1 N–H and O–H groups in total. The molecular formula is C15H13ClN4. The monoisotopic (exact) mass is 284 g/mol. The van der Waals surface area contributed by atoms with Gasteiger partial charge in [-0.1, -0.05) is 30.7 Å². The highest BCUT2D eigenvalue weighted by Gasteiger charge is 2.09. The van der Waals surface area contributed by atoms with Crippen LogP contribution in [-0.2, 0) is 6.42 Å². The minimum atomic E-state index is 0.493. The van der Waals surface area contributed by atoms with Gasteiger partial charge in [-0.25, -0.2) is 9.97 Å². The Hall–Kier alpha value is -2.20. The normalized spacial score (nSPS) is 10.7. The van der Waals surface area contributed by atoms with Crippen molar-refractivity contribution in [2.24, 2.45) is 0 Å². The van der Waals surface area contributed by atoms with Crippen molar-refractivity contribution in [3.05, 3.63) is 53.7 Å². The molecule has 0 radical (unpaired) electrons. The molecule has 0 aliphatic heterocycles. The van der Waals surface area contributed by atoms with Crippen molar-refractivity contribution in [2.75, 3.05) is 5.32 Å². The number of halogens is 1. The molecule has 0 fully saturated rings. The first kappa shape index (κ1) is 12.8. The van der Waals surface area contributed by atoms with Crippen LogP contribution in [-0.4, -0.2) is 15.0 Å². The highest BCUT2D eigenvalue weighted by Crippen LogP contribution is 2.28. The van der Waals surface area contributed by atoms with Gasteiger partial charge >= 0.3 is 0 Å². The quantitative estimate of drug-likeness (QED) is 0.739. The minimum absolute atomic E-state index is 0.493.